The Morgan fingerprint density at radius 3 is 2.36 bits per heavy atom. The van der Waals surface area contributed by atoms with Gasteiger partial charge in [-0.3, -0.25) is 4.79 Å². The van der Waals surface area contributed by atoms with Gasteiger partial charge in [-0.15, -0.1) is 0 Å². The Morgan fingerprint density at radius 2 is 1.71 bits per heavy atom. The monoisotopic (exact) mass is 456 g/mol. The average Bonchev–Trinajstić information content (AvgIpc) is 2.66. The van der Waals surface area contributed by atoms with Gasteiger partial charge >= 0.3 is 0 Å². The highest BCUT2D eigenvalue weighted by atomic mass is 79.9. The third kappa shape index (κ3) is 5.92. The van der Waals surface area contributed by atoms with Gasteiger partial charge in [-0.05, 0) is 47.0 Å². The molecule has 0 aromatic heterocycles. The molecule has 0 atom stereocenters. The van der Waals surface area contributed by atoms with E-state index in [2.05, 4.69) is 15.9 Å². The second-order valence-corrected chi connectivity index (χ2v) is 7.43. The predicted octanol–water partition coefficient (Wildman–Crippen LogP) is 5.44. The summed E-state index contributed by atoms with van der Waals surface area (Å²) < 4.78 is 37.8. The molecule has 0 heterocycles. The minimum atomic E-state index is -0.991. The second-order valence-electron chi connectivity index (χ2n) is 6.64. The minimum Gasteiger partial charge on any atom is -0.506 e. The molecule has 0 radical (unpaired) electrons. The van der Waals surface area contributed by atoms with Gasteiger partial charge in [0.25, 0.3) is 0 Å². The van der Waals surface area contributed by atoms with Crippen molar-refractivity contribution in [3.05, 3.63) is 52.0 Å². The summed E-state index contributed by atoms with van der Waals surface area (Å²) >= 11 is 3.30. The van der Waals surface area contributed by atoms with Gasteiger partial charge in [0.2, 0.25) is 5.82 Å². The molecule has 152 valence electrons. The number of carbonyl (C=O) groups is 1. The number of Topliss-reactive ketones (excluding diaryl/α,β-unsaturated/α-hetero) is 1. The molecule has 28 heavy (non-hydrogen) atoms. The standard InChI is InChI=1S/C21H23BrF2O4/c1-13(2)16(25)12-14-8-9-17(19(22)21(14)26)27-10-3-4-11-28-18-7-5-6-15(23)20(18)24/h5-9,13,26H,3-4,10-12H2,1-2H3. The van der Waals surface area contributed by atoms with Crippen LogP contribution in [-0.4, -0.2) is 24.1 Å². The molecule has 2 aromatic carbocycles. The van der Waals surface area contributed by atoms with E-state index in [9.17, 15) is 18.7 Å². The van der Waals surface area contributed by atoms with Crippen LogP contribution in [0.3, 0.4) is 0 Å². The van der Waals surface area contributed by atoms with Crippen LogP contribution in [0, 0.1) is 17.6 Å². The number of halogens is 3. The number of aromatic hydroxyl groups is 1. The van der Waals surface area contributed by atoms with Crippen molar-refractivity contribution < 1.29 is 28.2 Å². The SMILES string of the molecule is CC(C)C(=O)Cc1ccc(OCCCCOc2cccc(F)c2F)c(Br)c1O. The van der Waals surface area contributed by atoms with E-state index in [4.69, 9.17) is 9.47 Å². The molecule has 0 aliphatic carbocycles. The van der Waals surface area contributed by atoms with Crippen LogP contribution in [0.2, 0.25) is 0 Å². The first kappa shape index (κ1) is 22.1. The van der Waals surface area contributed by atoms with Crippen molar-refractivity contribution >= 4 is 21.7 Å². The van der Waals surface area contributed by atoms with Gasteiger partial charge in [-0.2, -0.15) is 4.39 Å². The van der Waals surface area contributed by atoms with E-state index >= 15 is 0 Å². The molecular weight excluding hydrogens is 434 g/mol. The fraction of sp³-hybridized carbons (Fsp3) is 0.381. The molecule has 0 amide bonds. The Morgan fingerprint density at radius 1 is 1.07 bits per heavy atom. The van der Waals surface area contributed by atoms with E-state index in [1.54, 1.807) is 12.1 Å². The number of phenolic OH excluding ortho intramolecular Hbond substituents is 1. The lowest BCUT2D eigenvalue weighted by molar-refractivity contribution is -0.121. The number of unbranched alkanes of at least 4 members (excludes halogenated alkanes) is 1. The van der Waals surface area contributed by atoms with Crippen LogP contribution in [0.4, 0.5) is 8.78 Å². The zero-order valence-electron chi connectivity index (χ0n) is 15.8. The maximum Gasteiger partial charge on any atom is 0.200 e. The molecule has 0 aliphatic heterocycles. The third-order valence-corrected chi connectivity index (χ3v) is 4.91. The van der Waals surface area contributed by atoms with Crippen molar-refractivity contribution in [2.45, 2.75) is 33.1 Å². The Labute approximate surface area is 171 Å². The highest BCUT2D eigenvalue weighted by Crippen LogP contribution is 2.37. The average molecular weight is 457 g/mol. The number of hydrogen-bond acceptors (Lipinski definition) is 4. The zero-order valence-corrected chi connectivity index (χ0v) is 17.4. The molecule has 4 nitrogen and oxygen atoms in total. The van der Waals surface area contributed by atoms with Crippen molar-refractivity contribution in [1.29, 1.82) is 0 Å². The number of hydrogen-bond donors (Lipinski definition) is 1. The minimum absolute atomic E-state index is 0.00332. The molecular formula is C21H23BrF2O4. The molecule has 0 aliphatic rings. The maximum absolute atomic E-state index is 13.5. The quantitative estimate of drug-likeness (QED) is 0.483. The molecule has 2 rings (SSSR count). The topological polar surface area (TPSA) is 55.8 Å². The Kier molecular flexibility index (Phi) is 8.23. The van der Waals surface area contributed by atoms with E-state index in [0.717, 1.165) is 6.07 Å². The Bertz CT molecular complexity index is 824. The number of rotatable bonds is 10. The Balaban J connectivity index is 1.79. The van der Waals surface area contributed by atoms with E-state index in [-0.39, 0.29) is 36.2 Å². The van der Waals surface area contributed by atoms with Gasteiger partial charge in [0.1, 0.15) is 21.8 Å². The first-order valence-electron chi connectivity index (χ1n) is 9.04. The molecule has 0 saturated carbocycles. The number of carbonyl (C=O) groups excluding carboxylic acids is 1. The highest BCUT2D eigenvalue weighted by molar-refractivity contribution is 9.10. The summed E-state index contributed by atoms with van der Waals surface area (Å²) in [6.45, 7) is 4.22. The smallest absolute Gasteiger partial charge is 0.200 e. The first-order chi connectivity index (χ1) is 13.3. The van der Waals surface area contributed by atoms with Crippen LogP contribution < -0.4 is 9.47 Å². The molecule has 0 saturated heterocycles. The summed E-state index contributed by atoms with van der Waals surface area (Å²) in [5, 5.41) is 10.3. The van der Waals surface area contributed by atoms with E-state index in [1.807, 2.05) is 13.8 Å². The molecule has 0 spiro atoms. The fourth-order valence-electron chi connectivity index (χ4n) is 2.40. The van der Waals surface area contributed by atoms with Gasteiger partial charge in [0.15, 0.2) is 11.6 Å². The van der Waals surface area contributed by atoms with Crippen molar-refractivity contribution in [2.24, 2.45) is 5.92 Å². The van der Waals surface area contributed by atoms with E-state index in [0.29, 0.717) is 35.2 Å². The summed E-state index contributed by atoms with van der Waals surface area (Å²) in [5.74, 6) is -1.63. The number of phenols is 1. The molecule has 0 fully saturated rings. The van der Waals surface area contributed by atoms with Gasteiger partial charge in [-0.25, -0.2) is 4.39 Å². The van der Waals surface area contributed by atoms with Gasteiger partial charge < -0.3 is 14.6 Å². The predicted molar refractivity (Wildman–Crippen MR) is 106 cm³/mol. The number of ether oxygens (including phenoxy) is 2. The lowest BCUT2D eigenvalue weighted by Gasteiger charge is -2.13. The highest BCUT2D eigenvalue weighted by Gasteiger charge is 2.16. The van der Waals surface area contributed by atoms with Crippen molar-refractivity contribution in [2.75, 3.05) is 13.2 Å². The van der Waals surface area contributed by atoms with Crippen LogP contribution >= 0.6 is 15.9 Å². The second kappa shape index (κ2) is 10.4. The van der Waals surface area contributed by atoms with E-state index < -0.39 is 11.6 Å². The summed E-state index contributed by atoms with van der Waals surface area (Å²) in [4.78, 5) is 11.9. The lowest BCUT2D eigenvalue weighted by atomic mass is 10.0. The lowest BCUT2D eigenvalue weighted by Crippen LogP contribution is -2.10. The number of ketones is 1. The summed E-state index contributed by atoms with van der Waals surface area (Å²) in [6.07, 6.45) is 1.37. The molecule has 7 heteroatoms. The van der Waals surface area contributed by atoms with Crippen LogP contribution in [0.5, 0.6) is 17.2 Å². The van der Waals surface area contributed by atoms with Crippen LogP contribution in [0.15, 0.2) is 34.8 Å². The van der Waals surface area contributed by atoms with E-state index in [1.165, 1.54) is 12.1 Å². The molecule has 0 bridgehead atoms. The van der Waals surface area contributed by atoms with Gasteiger partial charge in [-0.1, -0.05) is 26.0 Å². The fourth-order valence-corrected chi connectivity index (χ4v) is 2.90. The van der Waals surface area contributed by atoms with Crippen molar-refractivity contribution in [1.82, 2.24) is 0 Å². The van der Waals surface area contributed by atoms with Crippen LogP contribution in [0.25, 0.3) is 0 Å². The normalized spacial score (nSPS) is 10.9. The van der Waals surface area contributed by atoms with Crippen molar-refractivity contribution in [3.63, 3.8) is 0 Å². The summed E-state index contributed by atoms with van der Waals surface area (Å²) in [6, 6.07) is 7.17. The van der Waals surface area contributed by atoms with Gasteiger partial charge in [0.05, 0.1) is 13.2 Å². The zero-order chi connectivity index (χ0) is 20.7. The first-order valence-corrected chi connectivity index (χ1v) is 9.83. The van der Waals surface area contributed by atoms with Crippen LogP contribution in [-0.2, 0) is 11.2 Å². The summed E-state index contributed by atoms with van der Waals surface area (Å²) in [7, 11) is 0. The molecule has 1 N–H and O–H groups in total. The summed E-state index contributed by atoms with van der Waals surface area (Å²) in [5.41, 5.74) is 0.545. The molecule has 2 aromatic rings. The maximum atomic E-state index is 13.5. The molecule has 0 unspecified atom stereocenters. The number of benzene rings is 2. The van der Waals surface area contributed by atoms with Crippen molar-refractivity contribution in [3.8, 4) is 17.2 Å². The van der Waals surface area contributed by atoms with Gasteiger partial charge in [0, 0.05) is 17.9 Å². The third-order valence-electron chi connectivity index (χ3n) is 4.14. The Hall–Kier alpha value is -2.15. The largest absolute Gasteiger partial charge is 0.506 e. The van der Waals surface area contributed by atoms with Crippen LogP contribution in [0.1, 0.15) is 32.3 Å².